The Balaban J connectivity index is 2.52. The molecule has 17 heavy (non-hydrogen) atoms. The van der Waals surface area contributed by atoms with Crippen molar-refractivity contribution in [2.24, 2.45) is 0 Å². The summed E-state index contributed by atoms with van der Waals surface area (Å²) < 4.78 is 5.52. The number of para-hydroxylation sites is 1. The molecule has 0 aliphatic carbocycles. The average molecular weight is 237 g/mol. The molecule has 0 bridgehead atoms. The maximum atomic E-state index is 9.79. The number of hydrogen-bond acceptors (Lipinski definition) is 3. The molecule has 3 heteroatoms. The molecule has 0 aromatic heterocycles. The van der Waals surface area contributed by atoms with Crippen LogP contribution in [-0.2, 0) is 4.74 Å². The highest BCUT2D eigenvalue weighted by atomic mass is 16.5. The SMILES string of the molecule is CC(C)OCCN(C)C(C)c1ccccc1O. The van der Waals surface area contributed by atoms with Crippen LogP contribution in [-0.4, -0.2) is 36.3 Å². The van der Waals surface area contributed by atoms with Gasteiger partial charge in [-0.15, -0.1) is 0 Å². The van der Waals surface area contributed by atoms with Gasteiger partial charge in [-0.25, -0.2) is 0 Å². The number of aromatic hydroxyl groups is 1. The van der Waals surface area contributed by atoms with Gasteiger partial charge in [0, 0.05) is 18.2 Å². The Morgan fingerprint density at radius 3 is 2.47 bits per heavy atom. The fourth-order valence-corrected chi connectivity index (χ4v) is 1.70. The zero-order chi connectivity index (χ0) is 12.8. The third-order valence-corrected chi connectivity index (χ3v) is 2.94. The number of hydrogen-bond donors (Lipinski definition) is 1. The summed E-state index contributed by atoms with van der Waals surface area (Å²) >= 11 is 0. The van der Waals surface area contributed by atoms with E-state index in [4.69, 9.17) is 4.74 Å². The van der Waals surface area contributed by atoms with Gasteiger partial charge >= 0.3 is 0 Å². The number of ether oxygens (including phenoxy) is 1. The first kappa shape index (κ1) is 14.0. The Hall–Kier alpha value is -1.06. The fraction of sp³-hybridized carbons (Fsp3) is 0.571. The first-order valence-corrected chi connectivity index (χ1v) is 6.12. The van der Waals surface area contributed by atoms with Gasteiger partial charge in [0.05, 0.1) is 12.7 Å². The van der Waals surface area contributed by atoms with E-state index in [0.717, 1.165) is 12.1 Å². The van der Waals surface area contributed by atoms with E-state index in [1.54, 1.807) is 6.07 Å². The van der Waals surface area contributed by atoms with Gasteiger partial charge in [0.2, 0.25) is 0 Å². The van der Waals surface area contributed by atoms with E-state index in [1.807, 2.05) is 39.1 Å². The summed E-state index contributed by atoms with van der Waals surface area (Å²) in [4.78, 5) is 2.18. The van der Waals surface area contributed by atoms with Crippen LogP contribution in [0.15, 0.2) is 24.3 Å². The average Bonchev–Trinajstić information content (AvgIpc) is 2.28. The van der Waals surface area contributed by atoms with Crippen molar-refractivity contribution < 1.29 is 9.84 Å². The Labute approximate surface area is 104 Å². The largest absolute Gasteiger partial charge is 0.508 e. The maximum absolute atomic E-state index is 9.79. The minimum absolute atomic E-state index is 0.187. The molecule has 1 atom stereocenters. The van der Waals surface area contributed by atoms with Gasteiger partial charge in [0.25, 0.3) is 0 Å². The van der Waals surface area contributed by atoms with Crippen LogP contribution < -0.4 is 0 Å². The summed E-state index contributed by atoms with van der Waals surface area (Å²) in [6.45, 7) is 7.73. The molecule has 1 rings (SSSR count). The van der Waals surface area contributed by atoms with Crippen molar-refractivity contribution >= 4 is 0 Å². The van der Waals surface area contributed by atoms with Crippen molar-refractivity contribution in [1.29, 1.82) is 0 Å². The molecule has 0 saturated carbocycles. The van der Waals surface area contributed by atoms with Crippen molar-refractivity contribution in [1.82, 2.24) is 4.90 Å². The van der Waals surface area contributed by atoms with Gasteiger partial charge < -0.3 is 9.84 Å². The van der Waals surface area contributed by atoms with Crippen molar-refractivity contribution in [3.63, 3.8) is 0 Å². The molecule has 0 radical (unpaired) electrons. The minimum Gasteiger partial charge on any atom is -0.508 e. The second-order valence-electron chi connectivity index (χ2n) is 4.63. The highest BCUT2D eigenvalue weighted by Gasteiger charge is 2.14. The lowest BCUT2D eigenvalue weighted by atomic mass is 10.1. The zero-order valence-electron chi connectivity index (χ0n) is 11.2. The number of benzene rings is 1. The Morgan fingerprint density at radius 2 is 1.88 bits per heavy atom. The summed E-state index contributed by atoms with van der Waals surface area (Å²) in [6, 6.07) is 7.66. The molecular formula is C14H23NO2. The lowest BCUT2D eigenvalue weighted by Crippen LogP contribution is -2.27. The molecule has 0 fully saturated rings. The van der Waals surface area contributed by atoms with Crippen LogP contribution >= 0.6 is 0 Å². The van der Waals surface area contributed by atoms with Crippen molar-refractivity contribution in [2.45, 2.75) is 32.9 Å². The van der Waals surface area contributed by atoms with Gasteiger partial charge in [-0.2, -0.15) is 0 Å². The van der Waals surface area contributed by atoms with Gasteiger partial charge in [-0.05, 0) is 33.9 Å². The van der Waals surface area contributed by atoms with Crippen LogP contribution in [0.3, 0.4) is 0 Å². The van der Waals surface area contributed by atoms with E-state index < -0.39 is 0 Å². The summed E-state index contributed by atoms with van der Waals surface area (Å²) in [7, 11) is 2.04. The van der Waals surface area contributed by atoms with Crippen LogP contribution in [0.2, 0.25) is 0 Å². The molecule has 0 aliphatic rings. The van der Waals surface area contributed by atoms with Crippen LogP contribution in [0, 0.1) is 0 Å². The maximum Gasteiger partial charge on any atom is 0.120 e. The normalized spacial score (nSPS) is 13.3. The molecule has 1 aromatic carbocycles. The predicted octanol–water partition coefficient (Wildman–Crippen LogP) is 2.81. The van der Waals surface area contributed by atoms with Crippen molar-refractivity contribution in [2.75, 3.05) is 20.2 Å². The quantitative estimate of drug-likeness (QED) is 0.825. The molecule has 3 nitrogen and oxygen atoms in total. The van der Waals surface area contributed by atoms with Crippen LogP contribution in [0.25, 0.3) is 0 Å². The Kier molecular flexibility index (Phi) is 5.45. The molecule has 0 spiro atoms. The first-order chi connectivity index (χ1) is 8.02. The highest BCUT2D eigenvalue weighted by Crippen LogP contribution is 2.26. The van der Waals surface area contributed by atoms with Crippen LogP contribution in [0.5, 0.6) is 5.75 Å². The number of likely N-dealkylation sites (N-methyl/N-ethyl adjacent to an activating group) is 1. The van der Waals surface area contributed by atoms with Crippen LogP contribution in [0.1, 0.15) is 32.4 Å². The van der Waals surface area contributed by atoms with Gasteiger partial charge in [-0.1, -0.05) is 18.2 Å². The topological polar surface area (TPSA) is 32.7 Å². The van der Waals surface area contributed by atoms with Gasteiger partial charge in [0.1, 0.15) is 5.75 Å². The van der Waals surface area contributed by atoms with Crippen molar-refractivity contribution in [3.8, 4) is 5.75 Å². The smallest absolute Gasteiger partial charge is 0.120 e. The molecular weight excluding hydrogens is 214 g/mol. The molecule has 0 saturated heterocycles. The molecule has 96 valence electrons. The monoisotopic (exact) mass is 237 g/mol. The first-order valence-electron chi connectivity index (χ1n) is 6.12. The third kappa shape index (κ3) is 4.36. The van der Waals surface area contributed by atoms with E-state index in [0.29, 0.717) is 12.4 Å². The Morgan fingerprint density at radius 1 is 1.24 bits per heavy atom. The minimum atomic E-state index is 0.187. The van der Waals surface area contributed by atoms with E-state index in [-0.39, 0.29) is 12.1 Å². The number of nitrogens with zero attached hydrogens (tertiary/aromatic N) is 1. The summed E-state index contributed by atoms with van der Waals surface area (Å²) in [6.07, 6.45) is 0.267. The second kappa shape index (κ2) is 6.62. The number of rotatable bonds is 6. The molecule has 1 aromatic rings. The van der Waals surface area contributed by atoms with Gasteiger partial charge in [0.15, 0.2) is 0 Å². The molecule has 0 aliphatic heterocycles. The van der Waals surface area contributed by atoms with Crippen LogP contribution in [0.4, 0.5) is 0 Å². The molecule has 0 amide bonds. The third-order valence-electron chi connectivity index (χ3n) is 2.94. The van der Waals surface area contributed by atoms with E-state index in [1.165, 1.54) is 0 Å². The fourth-order valence-electron chi connectivity index (χ4n) is 1.70. The lowest BCUT2D eigenvalue weighted by Gasteiger charge is -2.25. The summed E-state index contributed by atoms with van der Waals surface area (Å²) in [5.74, 6) is 0.358. The standard InChI is InChI=1S/C14H23NO2/c1-11(2)17-10-9-15(4)12(3)13-7-5-6-8-14(13)16/h5-8,11-12,16H,9-10H2,1-4H3. The van der Waals surface area contributed by atoms with E-state index in [9.17, 15) is 5.11 Å². The predicted molar refractivity (Wildman–Crippen MR) is 70.2 cm³/mol. The van der Waals surface area contributed by atoms with E-state index in [2.05, 4.69) is 11.8 Å². The number of phenols is 1. The van der Waals surface area contributed by atoms with Crippen molar-refractivity contribution in [3.05, 3.63) is 29.8 Å². The second-order valence-corrected chi connectivity index (χ2v) is 4.63. The zero-order valence-corrected chi connectivity index (χ0v) is 11.2. The molecule has 1 unspecified atom stereocenters. The molecule has 0 heterocycles. The lowest BCUT2D eigenvalue weighted by molar-refractivity contribution is 0.0571. The molecule has 1 N–H and O–H groups in total. The highest BCUT2D eigenvalue weighted by molar-refractivity contribution is 5.34. The summed E-state index contributed by atoms with van der Waals surface area (Å²) in [5, 5.41) is 9.79. The summed E-state index contributed by atoms with van der Waals surface area (Å²) in [5.41, 5.74) is 0.958. The van der Waals surface area contributed by atoms with Gasteiger partial charge in [-0.3, -0.25) is 4.90 Å². The van der Waals surface area contributed by atoms with E-state index >= 15 is 0 Å². The Bertz CT molecular complexity index is 339. The number of phenolic OH excluding ortho intramolecular Hbond substituents is 1.